The van der Waals surface area contributed by atoms with Crippen molar-refractivity contribution in [3.05, 3.63) is 52.7 Å². The summed E-state index contributed by atoms with van der Waals surface area (Å²) in [5.74, 6) is 0.476. The Hall–Kier alpha value is -3.16. The number of anilines is 2. The highest BCUT2D eigenvalue weighted by molar-refractivity contribution is 5.77. The second-order valence-corrected chi connectivity index (χ2v) is 5.11. The summed E-state index contributed by atoms with van der Waals surface area (Å²) in [6.07, 6.45) is 1.81. The maximum absolute atomic E-state index is 10.4. The van der Waals surface area contributed by atoms with Gasteiger partial charge >= 0.3 is 5.69 Å². The second-order valence-electron chi connectivity index (χ2n) is 5.11. The molecule has 23 heavy (non-hydrogen) atoms. The molecule has 0 spiro atoms. The number of hydrogen-bond acceptors (Lipinski definition) is 6. The van der Waals surface area contributed by atoms with Gasteiger partial charge in [-0.3, -0.25) is 15.2 Å². The van der Waals surface area contributed by atoms with Crippen LogP contribution in [-0.2, 0) is 0 Å². The third-order valence-electron chi connectivity index (χ3n) is 2.89. The van der Waals surface area contributed by atoms with Crippen LogP contribution in [0.4, 0.5) is 17.3 Å². The Morgan fingerprint density at radius 2 is 2.00 bits per heavy atom. The average molecular weight is 314 g/mol. The zero-order valence-electron chi connectivity index (χ0n) is 12.9. The lowest BCUT2D eigenvalue weighted by molar-refractivity contribution is -0.384. The topological polar surface area (TPSA) is 123 Å². The van der Waals surface area contributed by atoms with Crippen molar-refractivity contribution in [1.29, 1.82) is 0 Å². The number of para-hydroxylation sites is 1. The van der Waals surface area contributed by atoms with E-state index in [4.69, 9.17) is 5.73 Å². The van der Waals surface area contributed by atoms with Crippen molar-refractivity contribution in [2.75, 3.05) is 11.1 Å². The Bertz CT molecular complexity index is 769. The molecule has 0 fully saturated rings. The number of pyridine rings is 1. The van der Waals surface area contributed by atoms with Crippen molar-refractivity contribution < 1.29 is 4.92 Å². The van der Waals surface area contributed by atoms with E-state index in [1.165, 1.54) is 12.1 Å². The van der Waals surface area contributed by atoms with E-state index in [1.54, 1.807) is 0 Å². The van der Waals surface area contributed by atoms with Gasteiger partial charge in [-0.25, -0.2) is 4.98 Å². The van der Waals surface area contributed by atoms with E-state index < -0.39 is 4.92 Å². The third-order valence-corrected chi connectivity index (χ3v) is 2.89. The van der Waals surface area contributed by atoms with Crippen LogP contribution in [0.5, 0.6) is 0 Å². The normalized spacial score (nSPS) is 10.2. The van der Waals surface area contributed by atoms with Crippen molar-refractivity contribution >= 4 is 28.2 Å². The van der Waals surface area contributed by atoms with Gasteiger partial charge in [0.05, 0.1) is 16.6 Å². The molecule has 0 unspecified atom stereocenters. The zero-order valence-corrected chi connectivity index (χ0v) is 12.9. The predicted octanol–water partition coefficient (Wildman–Crippen LogP) is 2.96. The summed E-state index contributed by atoms with van der Waals surface area (Å²) in [6, 6.07) is 11.1. The number of rotatable bonds is 3. The molecule has 4 N–H and O–H groups in total. The molecular weight excluding hydrogens is 296 g/mol. The van der Waals surface area contributed by atoms with Crippen LogP contribution in [0.3, 0.4) is 0 Å². The zero-order chi connectivity index (χ0) is 16.8. The predicted molar refractivity (Wildman–Crippen MR) is 90.2 cm³/mol. The summed E-state index contributed by atoms with van der Waals surface area (Å²) in [7, 11) is 0. The van der Waals surface area contributed by atoms with E-state index in [1.807, 2.05) is 44.3 Å². The van der Waals surface area contributed by atoms with Gasteiger partial charge in [-0.1, -0.05) is 18.2 Å². The highest BCUT2D eigenvalue weighted by Crippen LogP contribution is 2.20. The fourth-order valence-corrected chi connectivity index (χ4v) is 1.88. The van der Waals surface area contributed by atoms with E-state index in [2.05, 4.69) is 20.5 Å². The SMILES string of the molecule is CC(C)Nc1ccc([N+](=O)[O-])c(N)n1.c1ccc2[nH]ncc2c1. The minimum atomic E-state index is -0.554. The van der Waals surface area contributed by atoms with Gasteiger partial charge in [0.2, 0.25) is 5.82 Å². The van der Waals surface area contributed by atoms with Gasteiger partial charge in [-0.2, -0.15) is 5.10 Å². The molecule has 8 nitrogen and oxygen atoms in total. The number of nitrogens with one attached hydrogen (secondary N) is 2. The summed E-state index contributed by atoms with van der Waals surface area (Å²) in [6.45, 7) is 3.89. The first-order chi connectivity index (χ1) is 11.0. The van der Waals surface area contributed by atoms with Crippen LogP contribution < -0.4 is 11.1 Å². The first kappa shape index (κ1) is 16.2. The van der Waals surface area contributed by atoms with Crippen LogP contribution in [0.1, 0.15) is 13.8 Å². The average Bonchev–Trinajstić information content (AvgIpc) is 2.95. The first-order valence-electron chi connectivity index (χ1n) is 7.03. The van der Waals surface area contributed by atoms with Crippen LogP contribution in [0.15, 0.2) is 42.6 Å². The van der Waals surface area contributed by atoms with Gasteiger partial charge in [-0.15, -0.1) is 0 Å². The number of benzene rings is 1. The molecule has 0 amide bonds. The van der Waals surface area contributed by atoms with Gasteiger partial charge in [0.25, 0.3) is 0 Å². The van der Waals surface area contributed by atoms with Gasteiger partial charge in [0.1, 0.15) is 5.82 Å². The Kier molecular flexibility index (Phi) is 5.08. The molecule has 120 valence electrons. The maximum Gasteiger partial charge on any atom is 0.311 e. The molecule has 3 aromatic rings. The van der Waals surface area contributed by atoms with E-state index in [-0.39, 0.29) is 17.5 Å². The minimum Gasteiger partial charge on any atom is -0.378 e. The smallest absolute Gasteiger partial charge is 0.311 e. The lowest BCUT2D eigenvalue weighted by Crippen LogP contribution is -2.12. The lowest BCUT2D eigenvalue weighted by atomic mass is 10.3. The molecule has 0 aliphatic rings. The van der Waals surface area contributed by atoms with Crippen molar-refractivity contribution in [3.63, 3.8) is 0 Å². The van der Waals surface area contributed by atoms with Crippen LogP contribution in [0, 0.1) is 10.1 Å². The van der Waals surface area contributed by atoms with Crippen molar-refractivity contribution in [2.45, 2.75) is 19.9 Å². The van der Waals surface area contributed by atoms with Crippen molar-refractivity contribution in [2.24, 2.45) is 0 Å². The summed E-state index contributed by atoms with van der Waals surface area (Å²) in [5, 5.41) is 21.3. The summed E-state index contributed by atoms with van der Waals surface area (Å²) in [5.41, 5.74) is 6.33. The van der Waals surface area contributed by atoms with Crippen molar-refractivity contribution in [3.8, 4) is 0 Å². The van der Waals surface area contributed by atoms with E-state index >= 15 is 0 Å². The molecule has 0 saturated heterocycles. The summed E-state index contributed by atoms with van der Waals surface area (Å²) in [4.78, 5) is 13.7. The number of nitrogen functional groups attached to an aromatic ring is 1. The van der Waals surface area contributed by atoms with Gasteiger partial charge in [0, 0.05) is 17.5 Å². The molecule has 2 heterocycles. The van der Waals surface area contributed by atoms with Crippen LogP contribution >= 0.6 is 0 Å². The fourth-order valence-electron chi connectivity index (χ4n) is 1.88. The monoisotopic (exact) mass is 314 g/mol. The van der Waals surface area contributed by atoms with E-state index in [0.717, 1.165) is 10.9 Å². The summed E-state index contributed by atoms with van der Waals surface area (Å²) >= 11 is 0. The van der Waals surface area contributed by atoms with Gasteiger partial charge in [0.15, 0.2) is 0 Å². The number of fused-ring (bicyclic) bond motifs is 1. The number of aromatic amines is 1. The molecule has 0 radical (unpaired) electrons. The highest BCUT2D eigenvalue weighted by Gasteiger charge is 2.12. The fraction of sp³-hybridized carbons (Fsp3) is 0.200. The molecule has 0 aliphatic heterocycles. The molecule has 2 aromatic heterocycles. The van der Waals surface area contributed by atoms with Crippen LogP contribution in [0.2, 0.25) is 0 Å². The Labute approximate surface area is 132 Å². The quantitative estimate of drug-likeness (QED) is 0.504. The molecule has 0 saturated carbocycles. The number of nitrogens with two attached hydrogens (primary N) is 1. The number of H-pyrrole nitrogens is 1. The summed E-state index contributed by atoms with van der Waals surface area (Å²) < 4.78 is 0. The van der Waals surface area contributed by atoms with E-state index in [0.29, 0.717) is 5.82 Å². The molecule has 1 aromatic carbocycles. The number of aromatic nitrogens is 3. The van der Waals surface area contributed by atoms with Gasteiger partial charge in [-0.05, 0) is 26.0 Å². The molecule has 0 atom stereocenters. The van der Waals surface area contributed by atoms with Crippen LogP contribution in [0.25, 0.3) is 10.9 Å². The molecule has 3 rings (SSSR count). The van der Waals surface area contributed by atoms with Crippen LogP contribution in [-0.4, -0.2) is 26.1 Å². The molecule has 8 heteroatoms. The largest absolute Gasteiger partial charge is 0.378 e. The highest BCUT2D eigenvalue weighted by atomic mass is 16.6. The molecular formula is C15H18N6O2. The number of nitro groups is 1. The Balaban J connectivity index is 0.000000182. The number of nitrogens with zero attached hydrogens (tertiary/aromatic N) is 3. The maximum atomic E-state index is 10.4. The second kappa shape index (κ2) is 7.21. The van der Waals surface area contributed by atoms with Gasteiger partial charge < -0.3 is 11.1 Å². The molecule has 0 aliphatic carbocycles. The number of hydrogen-bond donors (Lipinski definition) is 3. The Morgan fingerprint density at radius 3 is 2.61 bits per heavy atom. The Morgan fingerprint density at radius 1 is 1.26 bits per heavy atom. The molecule has 0 bridgehead atoms. The minimum absolute atomic E-state index is 0.0688. The van der Waals surface area contributed by atoms with Crippen molar-refractivity contribution in [1.82, 2.24) is 15.2 Å². The lowest BCUT2D eigenvalue weighted by Gasteiger charge is -2.08. The standard InChI is InChI=1S/C8H12N4O2.C7H6N2/c1-5(2)10-7-4-3-6(12(13)14)8(9)11-7;1-2-4-7-6(3-1)5-8-9-7/h3-5H,1-2H3,(H3,9,10,11);1-5H,(H,8,9). The first-order valence-corrected chi connectivity index (χ1v) is 7.03. The third kappa shape index (κ3) is 4.40. The van der Waals surface area contributed by atoms with E-state index in [9.17, 15) is 10.1 Å².